The van der Waals surface area contributed by atoms with Crippen molar-refractivity contribution in [2.75, 3.05) is 12.4 Å². The molecule has 1 aromatic rings. The van der Waals surface area contributed by atoms with E-state index in [0.29, 0.717) is 5.02 Å². The van der Waals surface area contributed by atoms with Crippen molar-refractivity contribution >= 4 is 23.2 Å². The summed E-state index contributed by atoms with van der Waals surface area (Å²) in [5, 5.41) is 6.25. The Kier molecular flexibility index (Phi) is 3.77. The summed E-state index contributed by atoms with van der Waals surface area (Å²) in [5.74, 6) is -0.0509. The molecule has 0 spiro atoms. The van der Waals surface area contributed by atoms with Gasteiger partial charge in [-0.05, 0) is 25.1 Å². The molecular formula is C10H13ClN2O. The van der Waals surface area contributed by atoms with Gasteiger partial charge in [0.25, 0.3) is 0 Å². The third kappa shape index (κ3) is 2.92. The van der Waals surface area contributed by atoms with Gasteiger partial charge in [0, 0.05) is 17.8 Å². The monoisotopic (exact) mass is 212 g/mol. The lowest BCUT2D eigenvalue weighted by Gasteiger charge is -2.13. The molecule has 76 valence electrons. The fourth-order valence-electron chi connectivity index (χ4n) is 1.11. The Morgan fingerprint density at radius 2 is 2.21 bits per heavy atom. The Balaban J connectivity index is 2.64. The molecule has 0 aliphatic heterocycles. The normalized spacial score (nSPS) is 11.9. The SMILES string of the molecule is CNC(=O)C(C)Nc1cccc(Cl)c1. The van der Waals surface area contributed by atoms with Gasteiger partial charge in [0.15, 0.2) is 0 Å². The zero-order chi connectivity index (χ0) is 10.6. The highest BCUT2D eigenvalue weighted by Gasteiger charge is 2.09. The Labute approximate surface area is 88.5 Å². The fraction of sp³-hybridized carbons (Fsp3) is 0.300. The molecule has 0 heterocycles. The van der Waals surface area contributed by atoms with Crippen LogP contribution in [0.3, 0.4) is 0 Å². The number of rotatable bonds is 3. The number of hydrogen-bond acceptors (Lipinski definition) is 2. The largest absolute Gasteiger partial charge is 0.374 e. The van der Waals surface area contributed by atoms with E-state index in [9.17, 15) is 4.79 Å². The minimum atomic E-state index is -0.265. The van der Waals surface area contributed by atoms with Crippen molar-refractivity contribution in [1.82, 2.24) is 5.32 Å². The summed E-state index contributed by atoms with van der Waals surface area (Å²) >= 11 is 5.80. The molecule has 3 nitrogen and oxygen atoms in total. The molecule has 0 aliphatic rings. The van der Waals surface area contributed by atoms with Crippen molar-refractivity contribution < 1.29 is 4.79 Å². The summed E-state index contributed by atoms with van der Waals surface area (Å²) in [7, 11) is 1.61. The number of carbonyl (C=O) groups excluding carboxylic acids is 1. The molecule has 2 N–H and O–H groups in total. The molecule has 1 rings (SSSR count). The van der Waals surface area contributed by atoms with Crippen LogP contribution in [0.15, 0.2) is 24.3 Å². The summed E-state index contributed by atoms with van der Waals surface area (Å²) in [4.78, 5) is 11.2. The number of likely N-dealkylation sites (N-methyl/N-ethyl adjacent to an activating group) is 1. The van der Waals surface area contributed by atoms with E-state index in [4.69, 9.17) is 11.6 Å². The van der Waals surface area contributed by atoms with Crippen LogP contribution < -0.4 is 10.6 Å². The first-order valence-electron chi connectivity index (χ1n) is 4.37. The zero-order valence-corrected chi connectivity index (χ0v) is 8.93. The summed E-state index contributed by atoms with van der Waals surface area (Å²) in [6.45, 7) is 1.79. The second-order valence-corrected chi connectivity index (χ2v) is 3.43. The molecule has 0 aliphatic carbocycles. The molecule has 1 atom stereocenters. The van der Waals surface area contributed by atoms with E-state index in [1.165, 1.54) is 0 Å². The fourth-order valence-corrected chi connectivity index (χ4v) is 1.30. The zero-order valence-electron chi connectivity index (χ0n) is 8.17. The van der Waals surface area contributed by atoms with Gasteiger partial charge < -0.3 is 10.6 Å². The maximum atomic E-state index is 11.2. The maximum absolute atomic E-state index is 11.2. The molecular weight excluding hydrogens is 200 g/mol. The average molecular weight is 213 g/mol. The minimum absolute atomic E-state index is 0.0509. The quantitative estimate of drug-likeness (QED) is 0.804. The van der Waals surface area contributed by atoms with Crippen LogP contribution in [0.4, 0.5) is 5.69 Å². The molecule has 4 heteroatoms. The lowest BCUT2D eigenvalue weighted by atomic mass is 10.2. The van der Waals surface area contributed by atoms with Crippen LogP contribution in [0.1, 0.15) is 6.92 Å². The van der Waals surface area contributed by atoms with Crippen LogP contribution in [0, 0.1) is 0 Å². The lowest BCUT2D eigenvalue weighted by molar-refractivity contribution is -0.121. The van der Waals surface area contributed by atoms with Crippen molar-refractivity contribution in [2.45, 2.75) is 13.0 Å². The average Bonchev–Trinajstić information content (AvgIpc) is 2.16. The number of anilines is 1. The van der Waals surface area contributed by atoms with Crippen LogP contribution in [-0.4, -0.2) is 19.0 Å². The number of amides is 1. The van der Waals surface area contributed by atoms with Crippen LogP contribution in [0.25, 0.3) is 0 Å². The smallest absolute Gasteiger partial charge is 0.241 e. The summed E-state index contributed by atoms with van der Waals surface area (Å²) < 4.78 is 0. The number of halogens is 1. The standard InChI is InChI=1S/C10H13ClN2O/c1-7(10(14)12-2)13-9-5-3-4-8(11)6-9/h3-7,13H,1-2H3,(H,12,14). The van der Waals surface area contributed by atoms with Gasteiger partial charge in [-0.2, -0.15) is 0 Å². The minimum Gasteiger partial charge on any atom is -0.374 e. The van der Waals surface area contributed by atoms with E-state index >= 15 is 0 Å². The summed E-state index contributed by atoms with van der Waals surface area (Å²) in [6.07, 6.45) is 0. The van der Waals surface area contributed by atoms with Crippen molar-refractivity contribution in [3.8, 4) is 0 Å². The molecule has 1 amide bonds. The number of benzene rings is 1. The Hall–Kier alpha value is -1.22. The topological polar surface area (TPSA) is 41.1 Å². The Morgan fingerprint density at radius 1 is 1.50 bits per heavy atom. The molecule has 0 saturated heterocycles. The highest BCUT2D eigenvalue weighted by Crippen LogP contribution is 2.15. The van der Waals surface area contributed by atoms with Crippen molar-refractivity contribution in [3.63, 3.8) is 0 Å². The van der Waals surface area contributed by atoms with E-state index in [1.807, 2.05) is 12.1 Å². The van der Waals surface area contributed by atoms with Gasteiger partial charge in [-0.1, -0.05) is 17.7 Å². The summed E-state index contributed by atoms with van der Waals surface area (Å²) in [6, 6.07) is 7.00. The van der Waals surface area contributed by atoms with Crippen LogP contribution in [0.5, 0.6) is 0 Å². The van der Waals surface area contributed by atoms with E-state index in [1.54, 1.807) is 26.1 Å². The van der Waals surface area contributed by atoms with Gasteiger partial charge in [-0.15, -0.1) is 0 Å². The third-order valence-corrected chi connectivity index (χ3v) is 2.08. The van der Waals surface area contributed by atoms with Gasteiger partial charge in [0.05, 0.1) is 0 Å². The van der Waals surface area contributed by atoms with Gasteiger partial charge in [-0.3, -0.25) is 4.79 Å². The molecule has 0 aromatic heterocycles. The molecule has 0 fully saturated rings. The van der Waals surface area contributed by atoms with Gasteiger partial charge in [0.1, 0.15) is 6.04 Å². The first-order valence-corrected chi connectivity index (χ1v) is 4.75. The van der Waals surface area contributed by atoms with Gasteiger partial charge in [-0.25, -0.2) is 0 Å². The van der Waals surface area contributed by atoms with E-state index in [-0.39, 0.29) is 11.9 Å². The second-order valence-electron chi connectivity index (χ2n) is 2.99. The van der Waals surface area contributed by atoms with Crippen LogP contribution in [-0.2, 0) is 4.79 Å². The molecule has 0 saturated carbocycles. The number of nitrogens with one attached hydrogen (secondary N) is 2. The van der Waals surface area contributed by atoms with Crippen molar-refractivity contribution in [2.24, 2.45) is 0 Å². The molecule has 0 radical (unpaired) electrons. The molecule has 0 bridgehead atoms. The highest BCUT2D eigenvalue weighted by atomic mass is 35.5. The Bertz CT molecular complexity index is 328. The molecule has 14 heavy (non-hydrogen) atoms. The second kappa shape index (κ2) is 4.86. The predicted octanol–water partition coefficient (Wildman–Crippen LogP) is 1.89. The van der Waals surface area contributed by atoms with Gasteiger partial charge >= 0.3 is 0 Å². The summed E-state index contributed by atoms with van der Waals surface area (Å²) in [5.41, 5.74) is 0.841. The van der Waals surface area contributed by atoms with Crippen LogP contribution >= 0.6 is 11.6 Å². The van der Waals surface area contributed by atoms with Crippen LogP contribution in [0.2, 0.25) is 5.02 Å². The molecule has 1 unspecified atom stereocenters. The number of hydrogen-bond donors (Lipinski definition) is 2. The Morgan fingerprint density at radius 3 is 2.79 bits per heavy atom. The third-order valence-electron chi connectivity index (χ3n) is 1.85. The predicted molar refractivity (Wildman–Crippen MR) is 58.6 cm³/mol. The van der Waals surface area contributed by atoms with E-state index in [2.05, 4.69) is 10.6 Å². The first-order chi connectivity index (χ1) is 6.63. The number of carbonyl (C=O) groups is 1. The molecule has 1 aromatic carbocycles. The van der Waals surface area contributed by atoms with Crippen molar-refractivity contribution in [1.29, 1.82) is 0 Å². The van der Waals surface area contributed by atoms with E-state index in [0.717, 1.165) is 5.69 Å². The van der Waals surface area contributed by atoms with Gasteiger partial charge in [0.2, 0.25) is 5.91 Å². The first kappa shape index (κ1) is 10.9. The van der Waals surface area contributed by atoms with E-state index < -0.39 is 0 Å². The highest BCUT2D eigenvalue weighted by molar-refractivity contribution is 6.30. The van der Waals surface area contributed by atoms with Crippen molar-refractivity contribution in [3.05, 3.63) is 29.3 Å². The lowest BCUT2D eigenvalue weighted by Crippen LogP contribution is -2.35. The maximum Gasteiger partial charge on any atom is 0.241 e.